The molecule has 36 heavy (non-hydrogen) atoms. The molecule has 186 valence electrons. The average Bonchev–Trinajstić information content (AvgIpc) is 3.21. The number of aromatic nitrogens is 5. The number of nitrogens with zero attached hydrogens (tertiary/aromatic N) is 5. The summed E-state index contributed by atoms with van der Waals surface area (Å²) in [5.74, 6) is 0.686. The van der Waals surface area contributed by atoms with Crippen molar-refractivity contribution in [2.75, 3.05) is 31.1 Å². The smallest absolute Gasteiger partial charge is 0.271 e. The highest BCUT2D eigenvalue weighted by Gasteiger charge is 2.22. The molecule has 0 fully saturated rings. The third kappa shape index (κ3) is 5.21. The molecule has 0 atom stereocenters. The summed E-state index contributed by atoms with van der Waals surface area (Å²) in [6.07, 6.45) is 1.68. The van der Waals surface area contributed by atoms with E-state index in [0.717, 1.165) is 5.56 Å². The number of hydrogen-bond acceptors (Lipinski definition) is 9. The first-order chi connectivity index (χ1) is 17.1. The Kier molecular flexibility index (Phi) is 6.76. The third-order valence-electron chi connectivity index (χ3n) is 5.37. The van der Waals surface area contributed by atoms with Crippen LogP contribution in [0.3, 0.4) is 0 Å². The lowest BCUT2D eigenvalue weighted by atomic mass is 10.1. The van der Waals surface area contributed by atoms with Gasteiger partial charge in [0.2, 0.25) is 0 Å². The van der Waals surface area contributed by atoms with E-state index in [1.54, 1.807) is 49.5 Å². The Morgan fingerprint density at radius 2 is 1.83 bits per heavy atom. The van der Waals surface area contributed by atoms with Crippen molar-refractivity contribution in [2.45, 2.75) is 6.92 Å². The summed E-state index contributed by atoms with van der Waals surface area (Å²) in [5.41, 5.74) is 9.35. The largest absolute Gasteiger partial charge is 0.494 e. The Labute approximate surface area is 208 Å². The van der Waals surface area contributed by atoms with Crippen molar-refractivity contribution in [2.24, 2.45) is 12.8 Å². The van der Waals surface area contributed by atoms with E-state index in [0.29, 0.717) is 45.5 Å². The highest BCUT2D eigenvalue weighted by Crippen LogP contribution is 2.40. The average molecular weight is 507 g/mol. The van der Waals surface area contributed by atoms with E-state index >= 15 is 0 Å². The topological polar surface area (TPSA) is 150 Å². The number of nitrogens with one attached hydrogen (secondary N) is 2. The number of pyridine rings is 1. The summed E-state index contributed by atoms with van der Waals surface area (Å²) < 4.78 is 20.0. The van der Waals surface area contributed by atoms with E-state index in [1.807, 2.05) is 31.2 Å². The standard InChI is InChI=1S/C24H27N8O3P/c1-14-9-10-26-19(11-14)28-20-12-18(22(24(25)33)30-29-20)27-16-8-6-7-15(23(16)35-3)17-13-21(32(2)31-17)36(4,5)34/h6-13H,1-5H3,(H2,25,33)(H2,26,27,28,29). The number of para-hydroxylation sites is 1. The lowest BCUT2D eigenvalue weighted by Crippen LogP contribution is -2.17. The van der Waals surface area contributed by atoms with Gasteiger partial charge in [-0.3, -0.25) is 9.48 Å². The van der Waals surface area contributed by atoms with Gasteiger partial charge in [0.25, 0.3) is 5.91 Å². The second kappa shape index (κ2) is 9.79. The zero-order valence-corrected chi connectivity index (χ0v) is 21.5. The van der Waals surface area contributed by atoms with E-state index in [2.05, 4.69) is 30.9 Å². The number of rotatable bonds is 8. The third-order valence-corrected chi connectivity index (χ3v) is 6.89. The van der Waals surface area contributed by atoms with Crippen LogP contribution in [-0.4, -0.2) is 51.3 Å². The summed E-state index contributed by atoms with van der Waals surface area (Å²) in [5, 5.41) is 18.9. The molecule has 0 aliphatic rings. The fourth-order valence-corrected chi connectivity index (χ4v) is 4.94. The Hall–Kier alpha value is -4.24. The number of primary amides is 1. The molecule has 0 unspecified atom stereocenters. The molecular formula is C24H27N8O3P. The summed E-state index contributed by atoms with van der Waals surface area (Å²) >= 11 is 0. The quantitative estimate of drug-likeness (QED) is 0.305. The molecule has 12 heteroatoms. The summed E-state index contributed by atoms with van der Waals surface area (Å²) in [6, 6.07) is 12.6. The van der Waals surface area contributed by atoms with Crippen molar-refractivity contribution in [1.82, 2.24) is 25.0 Å². The Balaban J connectivity index is 1.74. The first kappa shape index (κ1) is 24.9. The monoisotopic (exact) mass is 506 g/mol. The molecule has 0 bridgehead atoms. The Bertz CT molecular complexity index is 1490. The predicted octanol–water partition coefficient (Wildman–Crippen LogP) is 3.42. The lowest BCUT2D eigenvalue weighted by molar-refractivity contribution is 0.0995. The molecule has 0 radical (unpaired) electrons. The van der Waals surface area contributed by atoms with Gasteiger partial charge in [0.1, 0.15) is 13.0 Å². The van der Waals surface area contributed by atoms with Crippen LogP contribution >= 0.6 is 7.14 Å². The van der Waals surface area contributed by atoms with Crippen molar-refractivity contribution in [3.8, 4) is 17.0 Å². The van der Waals surface area contributed by atoms with E-state index in [1.165, 1.54) is 7.11 Å². The zero-order valence-electron chi connectivity index (χ0n) is 20.6. The number of aryl methyl sites for hydroxylation is 2. The minimum Gasteiger partial charge on any atom is -0.494 e. The molecule has 11 nitrogen and oxygen atoms in total. The van der Waals surface area contributed by atoms with Gasteiger partial charge >= 0.3 is 0 Å². The van der Waals surface area contributed by atoms with E-state index in [4.69, 9.17) is 10.5 Å². The van der Waals surface area contributed by atoms with Gasteiger partial charge in [0.05, 0.1) is 29.6 Å². The fourth-order valence-electron chi connectivity index (χ4n) is 3.76. The lowest BCUT2D eigenvalue weighted by Gasteiger charge is -2.16. The van der Waals surface area contributed by atoms with Crippen LogP contribution in [0.5, 0.6) is 5.75 Å². The summed E-state index contributed by atoms with van der Waals surface area (Å²) in [7, 11) is 0.757. The highest BCUT2D eigenvalue weighted by molar-refractivity contribution is 7.69. The van der Waals surface area contributed by atoms with Crippen LogP contribution in [0.15, 0.2) is 48.7 Å². The molecule has 1 amide bonds. The normalized spacial score (nSPS) is 11.2. The number of ether oxygens (including phenoxy) is 1. The number of carbonyl (C=O) groups excluding carboxylic acids is 1. The fraction of sp³-hybridized carbons (Fsp3) is 0.208. The second-order valence-electron chi connectivity index (χ2n) is 8.57. The first-order valence-electron chi connectivity index (χ1n) is 11.0. The number of methoxy groups -OCH3 is 1. The molecule has 0 aliphatic heterocycles. The highest BCUT2D eigenvalue weighted by atomic mass is 31.2. The first-order valence-corrected chi connectivity index (χ1v) is 13.6. The number of anilines is 4. The van der Waals surface area contributed by atoms with Crippen LogP contribution in [0.2, 0.25) is 0 Å². The van der Waals surface area contributed by atoms with E-state index < -0.39 is 13.0 Å². The van der Waals surface area contributed by atoms with Gasteiger partial charge in [0, 0.05) is 24.9 Å². The maximum atomic E-state index is 12.7. The van der Waals surface area contributed by atoms with Crippen LogP contribution in [0.4, 0.5) is 23.0 Å². The molecule has 3 heterocycles. The molecule has 4 N–H and O–H groups in total. The van der Waals surface area contributed by atoms with Crippen molar-refractivity contribution in [3.63, 3.8) is 0 Å². The second-order valence-corrected chi connectivity index (χ2v) is 11.7. The maximum absolute atomic E-state index is 12.7. The molecular weight excluding hydrogens is 479 g/mol. The van der Waals surface area contributed by atoms with Gasteiger partial charge in [0.15, 0.2) is 17.3 Å². The number of nitrogens with two attached hydrogens (primary N) is 1. The molecule has 0 spiro atoms. The van der Waals surface area contributed by atoms with Gasteiger partial charge in [-0.05, 0) is 56.1 Å². The molecule has 0 aliphatic carbocycles. The van der Waals surface area contributed by atoms with E-state index in [-0.39, 0.29) is 5.69 Å². The van der Waals surface area contributed by atoms with Gasteiger partial charge in [-0.2, -0.15) is 5.10 Å². The van der Waals surface area contributed by atoms with Crippen LogP contribution in [-0.2, 0) is 11.6 Å². The molecule has 1 aromatic carbocycles. The van der Waals surface area contributed by atoms with Crippen LogP contribution < -0.4 is 26.5 Å². The number of carbonyl (C=O) groups is 1. The van der Waals surface area contributed by atoms with Crippen LogP contribution in [0, 0.1) is 6.92 Å². The van der Waals surface area contributed by atoms with Gasteiger partial charge in [-0.25, -0.2) is 4.98 Å². The number of amides is 1. The molecule has 0 saturated carbocycles. The SMILES string of the molecule is COc1c(Nc2cc(Nc3cc(C)ccn3)nnc2C(N)=O)cccc1-c1cc(P(C)(C)=O)n(C)n1. The molecule has 0 saturated heterocycles. The molecule has 4 rings (SSSR count). The van der Waals surface area contributed by atoms with Crippen molar-refractivity contribution < 1.29 is 14.1 Å². The van der Waals surface area contributed by atoms with E-state index in [9.17, 15) is 9.36 Å². The minimum atomic E-state index is -2.54. The zero-order chi connectivity index (χ0) is 26.0. The Morgan fingerprint density at radius 1 is 1.06 bits per heavy atom. The number of hydrogen-bond donors (Lipinski definition) is 3. The Morgan fingerprint density at radius 3 is 2.47 bits per heavy atom. The van der Waals surface area contributed by atoms with Gasteiger partial charge < -0.3 is 25.7 Å². The molecule has 4 aromatic rings. The van der Waals surface area contributed by atoms with Crippen LogP contribution in [0.25, 0.3) is 11.3 Å². The summed E-state index contributed by atoms with van der Waals surface area (Å²) in [4.78, 5) is 16.3. The minimum absolute atomic E-state index is 0.0387. The number of benzene rings is 1. The van der Waals surface area contributed by atoms with Gasteiger partial charge in [-0.15, -0.1) is 10.2 Å². The van der Waals surface area contributed by atoms with Crippen molar-refractivity contribution in [3.05, 3.63) is 59.9 Å². The molecule has 3 aromatic heterocycles. The maximum Gasteiger partial charge on any atom is 0.271 e. The van der Waals surface area contributed by atoms with Crippen molar-refractivity contribution >= 4 is 41.5 Å². The van der Waals surface area contributed by atoms with Crippen molar-refractivity contribution in [1.29, 1.82) is 0 Å². The summed E-state index contributed by atoms with van der Waals surface area (Å²) in [6.45, 7) is 5.34. The van der Waals surface area contributed by atoms with Gasteiger partial charge in [-0.1, -0.05) is 6.07 Å². The predicted molar refractivity (Wildman–Crippen MR) is 140 cm³/mol. The van der Waals surface area contributed by atoms with Crippen LogP contribution in [0.1, 0.15) is 16.1 Å².